The lowest BCUT2D eigenvalue weighted by molar-refractivity contribution is 0.447. The standard InChI is InChI=1S/C34H10F6N4/c35-23-7-15(8-24(36)33(23)39)19-3-1-5-21-27(17(11-41)12-42)31-30-20(16-9-25(37)34(40)26(38)10-16)4-2-6-22(30)28(18(13-43)14-44)32(31)29(19)21/h1-10H. The fourth-order valence-electron chi connectivity index (χ4n) is 5.78. The molecule has 0 bridgehead atoms. The van der Waals surface area contributed by atoms with Crippen molar-refractivity contribution in [1.29, 1.82) is 21.0 Å². The summed E-state index contributed by atoms with van der Waals surface area (Å²) in [4.78, 5) is 0. The number of benzene rings is 4. The molecule has 2 aliphatic rings. The SMILES string of the molecule is N#CC(C#N)=C1C2=C(C(=C(C#N)C#N)c3cccc(-c4cc(F)c(F)c(F)c4)c32)c2c1cccc2-c1cc(F)c(F)c(F)c1. The molecule has 0 saturated heterocycles. The van der Waals surface area contributed by atoms with Gasteiger partial charge in [-0.1, -0.05) is 36.4 Å². The first-order valence-corrected chi connectivity index (χ1v) is 12.6. The quantitative estimate of drug-likeness (QED) is 0.134. The Hall–Kier alpha value is -6.36. The zero-order chi connectivity index (χ0) is 31.4. The first kappa shape index (κ1) is 27.8. The Kier molecular flexibility index (Phi) is 6.43. The van der Waals surface area contributed by atoms with Gasteiger partial charge < -0.3 is 0 Å². The molecular weight excluding hydrogens is 578 g/mol. The number of fused-ring (bicyclic) bond motifs is 4. The Labute approximate surface area is 245 Å². The van der Waals surface area contributed by atoms with Crippen LogP contribution in [0.25, 0.3) is 44.5 Å². The average molecular weight is 588 g/mol. The number of nitriles is 4. The highest BCUT2D eigenvalue weighted by atomic mass is 19.2. The largest absolute Gasteiger partial charge is 0.204 e. The highest BCUT2D eigenvalue weighted by Crippen LogP contribution is 2.62. The van der Waals surface area contributed by atoms with Crippen LogP contribution in [0.15, 0.2) is 71.8 Å². The van der Waals surface area contributed by atoms with Crippen molar-refractivity contribution >= 4 is 22.3 Å². The normalized spacial score (nSPS) is 12.5. The molecule has 0 spiro atoms. The first-order valence-electron chi connectivity index (χ1n) is 12.6. The van der Waals surface area contributed by atoms with Gasteiger partial charge >= 0.3 is 0 Å². The molecule has 0 fully saturated rings. The lowest BCUT2D eigenvalue weighted by atomic mass is 9.84. The van der Waals surface area contributed by atoms with E-state index < -0.39 is 46.0 Å². The number of allylic oxidation sites excluding steroid dienone is 6. The van der Waals surface area contributed by atoms with E-state index >= 15 is 0 Å². The molecule has 10 heteroatoms. The molecule has 2 aliphatic carbocycles. The summed E-state index contributed by atoms with van der Waals surface area (Å²) in [6.07, 6.45) is 0. The molecular formula is C34H10F6N4. The Morgan fingerprint density at radius 3 is 1.05 bits per heavy atom. The number of rotatable bonds is 2. The maximum Gasteiger partial charge on any atom is 0.194 e. The molecule has 4 aromatic rings. The molecule has 0 N–H and O–H groups in total. The fourth-order valence-corrected chi connectivity index (χ4v) is 5.78. The highest BCUT2D eigenvalue weighted by Gasteiger charge is 2.42. The second-order valence-corrected chi connectivity index (χ2v) is 9.66. The van der Waals surface area contributed by atoms with Crippen molar-refractivity contribution in [3.8, 4) is 46.5 Å². The van der Waals surface area contributed by atoms with E-state index in [1.165, 1.54) is 36.4 Å². The van der Waals surface area contributed by atoms with E-state index in [0.717, 1.165) is 24.3 Å². The fraction of sp³-hybridized carbons (Fsp3) is 0. The summed E-state index contributed by atoms with van der Waals surface area (Å²) in [5.74, 6) is -9.36. The van der Waals surface area contributed by atoms with Crippen LogP contribution in [0.4, 0.5) is 26.3 Å². The third-order valence-electron chi connectivity index (χ3n) is 7.45. The molecule has 0 saturated carbocycles. The van der Waals surface area contributed by atoms with E-state index in [-0.39, 0.29) is 66.8 Å². The monoisotopic (exact) mass is 588 g/mol. The summed E-state index contributed by atoms with van der Waals surface area (Å²) in [6.45, 7) is 0. The molecule has 0 unspecified atom stereocenters. The molecule has 0 amide bonds. The second kappa shape index (κ2) is 10.2. The van der Waals surface area contributed by atoms with Crippen LogP contribution in [0.2, 0.25) is 0 Å². The Morgan fingerprint density at radius 2 is 0.750 bits per heavy atom. The summed E-state index contributed by atoms with van der Waals surface area (Å²) < 4.78 is 85.5. The van der Waals surface area contributed by atoms with E-state index in [0.29, 0.717) is 0 Å². The van der Waals surface area contributed by atoms with Crippen LogP contribution in [-0.4, -0.2) is 0 Å². The van der Waals surface area contributed by atoms with Gasteiger partial charge in [0.05, 0.1) is 0 Å². The lowest BCUT2D eigenvalue weighted by Crippen LogP contribution is -2.00. The third-order valence-corrected chi connectivity index (χ3v) is 7.45. The smallest absolute Gasteiger partial charge is 0.194 e. The molecule has 0 atom stereocenters. The molecule has 4 nitrogen and oxygen atoms in total. The van der Waals surface area contributed by atoms with E-state index in [4.69, 9.17) is 0 Å². The molecule has 208 valence electrons. The van der Waals surface area contributed by atoms with Crippen molar-refractivity contribution in [1.82, 2.24) is 0 Å². The highest BCUT2D eigenvalue weighted by molar-refractivity contribution is 6.39. The van der Waals surface area contributed by atoms with Gasteiger partial charge in [-0.3, -0.25) is 0 Å². The van der Waals surface area contributed by atoms with Crippen LogP contribution in [0.3, 0.4) is 0 Å². The zero-order valence-corrected chi connectivity index (χ0v) is 21.8. The van der Waals surface area contributed by atoms with Crippen molar-refractivity contribution in [2.45, 2.75) is 0 Å². The minimum atomic E-state index is -1.70. The van der Waals surface area contributed by atoms with Gasteiger partial charge in [0.25, 0.3) is 0 Å². The summed E-state index contributed by atoms with van der Waals surface area (Å²) in [7, 11) is 0. The predicted octanol–water partition coefficient (Wildman–Crippen LogP) is 8.39. The predicted molar refractivity (Wildman–Crippen MR) is 147 cm³/mol. The lowest BCUT2D eigenvalue weighted by Gasteiger charge is -2.17. The molecule has 6 rings (SSSR count). The van der Waals surface area contributed by atoms with E-state index in [9.17, 15) is 47.4 Å². The van der Waals surface area contributed by atoms with E-state index in [1.807, 2.05) is 24.3 Å². The summed E-state index contributed by atoms with van der Waals surface area (Å²) >= 11 is 0. The molecule has 0 heterocycles. The van der Waals surface area contributed by atoms with E-state index in [1.54, 1.807) is 0 Å². The van der Waals surface area contributed by atoms with Crippen LogP contribution < -0.4 is 0 Å². The van der Waals surface area contributed by atoms with Gasteiger partial charge in [0.15, 0.2) is 34.9 Å². The average Bonchev–Trinajstić information content (AvgIpc) is 3.52. The van der Waals surface area contributed by atoms with Crippen LogP contribution in [-0.2, 0) is 0 Å². The molecule has 0 aromatic heterocycles. The minimum absolute atomic E-state index is 0.0203. The Balaban J connectivity index is 1.83. The topological polar surface area (TPSA) is 95.2 Å². The van der Waals surface area contributed by atoms with Gasteiger partial charge in [-0.15, -0.1) is 0 Å². The summed E-state index contributed by atoms with van der Waals surface area (Å²) in [6, 6.07) is 19.1. The number of halogens is 6. The van der Waals surface area contributed by atoms with Gasteiger partial charge in [-0.2, -0.15) is 21.0 Å². The first-order chi connectivity index (χ1) is 21.2. The van der Waals surface area contributed by atoms with Gasteiger partial charge in [0.1, 0.15) is 35.4 Å². The third kappa shape index (κ3) is 3.83. The molecule has 44 heavy (non-hydrogen) atoms. The number of nitrogens with zero attached hydrogens (tertiary/aromatic N) is 4. The van der Waals surface area contributed by atoms with Crippen molar-refractivity contribution in [3.05, 3.63) is 129 Å². The number of hydrogen-bond acceptors (Lipinski definition) is 4. The van der Waals surface area contributed by atoms with Crippen molar-refractivity contribution < 1.29 is 26.3 Å². The molecule has 4 aromatic carbocycles. The number of hydrogen-bond donors (Lipinski definition) is 0. The zero-order valence-electron chi connectivity index (χ0n) is 21.8. The summed E-state index contributed by atoms with van der Waals surface area (Å²) in [5, 5.41) is 39.9. The van der Waals surface area contributed by atoms with Crippen LogP contribution >= 0.6 is 0 Å². The van der Waals surface area contributed by atoms with Crippen molar-refractivity contribution in [2.75, 3.05) is 0 Å². The Morgan fingerprint density at radius 1 is 0.455 bits per heavy atom. The summed E-state index contributed by atoms with van der Waals surface area (Å²) in [5.41, 5.74) is 0.177. The van der Waals surface area contributed by atoms with Gasteiger partial charge in [0, 0.05) is 22.3 Å². The maximum atomic E-state index is 14.4. The van der Waals surface area contributed by atoms with E-state index in [2.05, 4.69) is 0 Å². The van der Waals surface area contributed by atoms with Crippen molar-refractivity contribution in [2.24, 2.45) is 0 Å². The minimum Gasteiger partial charge on any atom is -0.204 e. The molecule has 0 radical (unpaired) electrons. The van der Waals surface area contributed by atoms with Crippen molar-refractivity contribution in [3.63, 3.8) is 0 Å². The Bertz CT molecular complexity index is 2050. The maximum absolute atomic E-state index is 14.4. The van der Waals surface area contributed by atoms with Gasteiger partial charge in [0.2, 0.25) is 0 Å². The van der Waals surface area contributed by atoms with Crippen LogP contribution in [0, 0.1) is 80.2 Å². The second-order valence-electron chi connectivity index (χ2n) is 9.66. The van der Waals surface area contributed by atoms with Gasteiger partial charge in [-0.05, 0) is 68.8 Å². The van der Waals surface area contributed by atoms with Crippen LogP contribution in [0.5, 0.6) is 0 Å². The van der Waals surface area contributed by atoms with Gasteiger partial charge in [-0.25, -0.2) is 26.3 Å². The van der Waals surface area contributed by atoms with Crippen LogP contribution in [0.1, 0.15) is 22.3 Å². The molecule has 0 aliphatic heterocycles.